The number of sulfonamides is 1. The number of aromatic nitrogens is 1. The summed E-state index contributed by atoms with van der Waals surface area (Å²) in [5.41, 5.74) is 0.741. The lowest BCUT2D eigenvalue weighted by atomic mass is 10.2. The average molecular weight is 440 g/mol. The number of hydrogen-bond acceptors (Lipinski definition) is 8. The topological polar surface area (TPSA) is 105 Å². The number of carbonyl (C=O) groups excluding carboxylic acids is 1. The summed E-state index contributed by atoms with van der Waals surface area (Å²) in [6, 6.07) is 6.05. The summed E-state index contributed by atoms with van der Waals surface area (Å²) < 4.78 is 54.7. The number of nitrogens with zero attached hydrogens (tertiary/aromatic N) is 4. The van der Waals surface area contributed by atoms with Gasteiger partial charge in [-0.2, -0.15) is 4.31 Å². The van der Waals surface area contributed by atoms with E-state index in [1.807, 2.05) is 0 Å². The first-order valence-corrected chi connectivity index (χ1v) is 11.2. The van der Waals surface area contributed by atoms with E-state index in [-0.39, 0.29) is 19.0 Å². The molecule has 0 bridgehead atoms. The molecule has 1 amide bonds. The molecule has 30 heavy (non-hydrogen) atoms. The second kappa shape index (κ2) is 8.11. The Kier molecular flexibility index (Phi) is 5.52. The number of ether oxygens (including phenoxy) is 2. The van der Waals surface area contributed by atoms with Crippen molar-refractivity contribution in [2.45, 2.75) is 6.10 Å². The fourth-order valence-corrected chi connectivity index (χ4v) is 4.28. The minimum atomic E-state index is -3.25. The van der Waals surface area contributed by atoms with Crippen molar-refractivity contribution >= 4 is 27.5 Å². The summed E-state index contributed by atoms with van der Waals surface area (Å²) in [7, 11) is -3.25. The summed E-state index contributed by atoms with van der Waals surface area (Å²) >= 11 is 0. The third-order valence-electron chi connectivity index (χ3n) is 5.00. The van der Waals surface area contributed by atoms with E-state index in [1.165, 1.54) is 21.5 Å². The minimum Gasteiger partial charge on any atom is -0.471 e. The Balaban J connectivity index is 1.39. The molecule has 1 aromatic heterocycles. The lowest BCUT2D eigenvalue weighted by molar-refractivity contribution is 0.102. The molecule has 12 heteroatoms. The second-order valence-electron chi connectivity index (χ2n) is 7.05. The number of hydrogen-bond donors (Lipinski definition) is 0. The Bertz CT molecular complexity index is 1010. The van der Waals surface area contributed by atoms with Gasteiger partial charge in [0.25, 0.3) is 5.88 Å². The van der Waals surface area contributed by atoms with E-state index in [9.17, 15) is 17.6 Å². The summed E-state index contributed by atoms with van der Waals surface area (Å²) in [6.07, 6.45) is 1.42. The minimum absolute atomic E-state index is 0.0972. The van der Waals surface area contributed by atoms with Crippen LogP contribution < -0.4 is 14.5 Å². The van der Waals surface area contributed by atoms with Crippen molar-refractivity contribution in [2.24, 2.45) is 0 Å². The molecular formula is C18H21FN4O6S. The summed E-state index contributed by atoms with van der Waals surface area (Å²) in [6.45, 7) is 1.67. The van der Waals surface area contributed by atoms with Crippen molar-refractivity contribution < 1.29 is 31.6 Å². The van der Waals surface area contributed by atoms with Crippen LogP contribution in [0.2, 0.25) is 0 Å². The summed E-state index contributed by atoms with van der Waals surface area (Å²) in [4.78, 5) is 15.3. The van der Waals surface area contributed by atoms with Gasteiger partial charge in [0.05, 0.1) is 24.2 Å². The first-order chi connectivity index (χ1) is 14.3. The van der Waals surface area contributed by atoms with Gasteiger partial charge in [0.1, 0.15) is 18.7 Å². The van der Waals surface area contributed by atoms with Gasteiger partial charge in [-0.15, -0.1) is 0 Å². The fourth-order valence-electron chi connectivity index (χ4n) is 3.45. The molecule has 162 valence electrons. The highest BCUT2D eigenvalue weighted by Crippen LogP contribution is 2.29. The van der Waals surface area contributed by atoms with Crippen LogP contribution in [0, 0.1) is 5.82 Å². The molecule has 4 rings (SSSR count). The van der Waals surface area contributed by atoms with Crippen LogP contribution in [0.3, 0.4) is 0 Å². The molecule has 1 aromatic carbocycles. The van der Waals surface area contributed by atoms with Crippen LogP contribution in [-0.4, -0.2) is 75.7 Å². The third-order valence-corrected chi connectivity index (χ3v) is 6.30. The molecule has 1 unspecified atom stereocenters. The predicted octanol–water partition coefficient (Wildman–Crippen LogP) is 1.30. The molecule has 0 radical (unpaired) electrons. The van der Waals surface area contributed by atoms with Gasteiger partial charge in [-0.3, -0.25) is 4.90 Å². The number of rotatable bonds is 6. The smallest absolute Gasteiger partial charge is 0.414 e. The van der Waals surface area contributed by atoms with Gasteiger partial charge in [-0.1, -0.05) is 0 Å². The highest BCUT2D eigenvalue weighted by molar-refractivity contribution is 7.88. The van der Waals surface area contributed by atoms with E-state index in [0.29, 0.717) is 37.6 Å². The zero-order chi connectivity index (χ0) is 21.3. The van der Waals surface area contributed by atoms with Gasteiger partial charge in [-0.05, 0) is 23.4 Å². The first-order valence-electron chi connectivity index (χ1n) is 9.32. The highest BCUT2D eigenvalue weighted by atomic mass is 32.2. The molecule has 0 saturated carbocycles. The van der Waals surface area contributed by atoms with Gasteiger partial charge in [-0.25, -0.2) is 17.6 Å². The van der Waals surface area contributed by atoms with Gasteiger partial charge >= 0.3 is 6.09 Å². The summed E-state index contributed by atoms with van der Waals surface area (Å²) in [5.74, 6) is -0.203. The lowest BCUT2D eigenvalue weighted by Crippen LogP contribution is -2.48. The van der Waals surface area contributed by atoms with E-state index in [1.54, 1.807) is 23.1 Å². The first kappa shape index (κ1) is 20.4. The molecule has 2 saturated heterocycles. The number of cyclic esters (lactones) is 1. The number of benzene rings is 1. The van der Waals surface area contributed by atoms with E-state index in [0.717, 1.165) is 6.26 Å². The monoisotopic (exact) mass is 440 g/mol. The van der Waals surface area contributed by atoms with Gasteiger partial charge in [0.2, 0.25) is 10.0 Å². The van der Waals surface area contributed by atoms with Crippen molar-refractivity contribution in [3.8, 4) is 5.88 Å². The predicted molar refractivity (Wildman–Crippen MR) is 105 cm³/mol. The maximum absolute atomic E-state index is 14.8. The van der Waals surface area contributed by atoms with Crippen molar-refractivity contribution in [1.82, 2.24) is 9.46 Å². The molecule has 10 nitrogen and oxygen atoms in total. The van der Waals surface area contributed by atoms with Crippen LogP contribution in [0.4, 0.5) is 20.6 Å². The quantitative estimate of drug-likeness (QED) is 0.662. The van der Waals surface area contributed by atoms with E-state index < -0.39 is 28.0 Å². The maximum atomic E-state index is 14.8. The Morgan fingerprint density at radius 3 is 2.63 bits per heavy atom. The van der Waals surface area contributed by atoms with E-state index >= 15 is 0 Å². The Morgan fingerprint density at radius 2 is 2.00 bits per heavy atom. The lowest BCUT2D eigenvalue weighted by Gasteiger charge is -2.35. The Labute approximate surface area is 172 Å². The maximum Gasteiger partial charge on any atom is 0.414 e. The normalized spacial score (nSPS) is 20.5. The molecule has 3 heterocycles. The van der Waals surface area contributed by atoms with Crippen LogP contribution in [0.5, 0.6) is 5.88 Å². The summed E-state index contributed by atoms with van der Waals surface area (Å²) in [5, 5.41) is 3.62. The average Bonchev–Trinajstić information content (AvgIpc) is 3.35. The fraction of sp³-hybridized carbons (Fsp3) is 0.444. The van der Waals surface area contributed by atoms with Crippen molar-refractivity contribution in [1.29, 1.82) is 0 Å². The number of piperazine rings is 1. The number of amides is 1. The molecule has 0 aliphatic carbocycles. The van der Waals surface area contributed by atoms with Gasteiger partial charge < -0.3 is 18.9 Å². The number of anilines is 2. The molecule has 2 fully saturated rings. The SMILES string of the molecule is CS(=O)(=O)N1CCN(c2ccc(N3CC(COc4ccon4)OC3=O)cc2F)CC1. The van der Waals surface area contributed by atoms with E-state index in [4.69, 9.17) is 9.47 Å². The largest absolute Gasteiger partial charge is 0.471 e. The van der Waals surface area contributed by atoms with Crippen molar-refractivity contribution in [2.75, 3.05) is 55.4 Å². The zero-order valence-electron chi connectivity index (χ0n) is 16.2. The van der Waals surface area contributed by atoms with Gasteiger partial charge in [0.15, 0.2) is 6.10 Å². The third kappa shape index (κ3) is 4.33. The molecule has 0 N–H and O–H groups in total. The molecule has 2 aliphatic heterocycles. The van der Waals surface area contributed by atoms with Crippen molar-refractivity contribution in [3.05, 3.63) is 36.3 Å². The van der Waals surface area contributed by atoms with Crippen molar-refractivity contribution in [3.63, 3.8) is 0 Å². The second-order valence-corrected chi connectivity index (χ2v) is 9.03. The zero-order valence-corrected chi connectivity index (χ0v) is 17.0. The standard InChI is InChI=1S/C18H21FN4O6S/c1-30(25,26)22-7-5-21(6-8-22)16-3-2-13(10-15(16)19)23-11-14(29-18(23)24)12-27-17-4-9-28-20-17/h2-4,9-10,14H,5-8,11-12H2,1H3. The van der Waals surface area contributed by atoms with Crippen LogP contribution in [0.15, 0.2) is 35.1 Å². The molecule has 2 aromatic rings. The van der Waals surface area contributed by atoms with Crippen LogP contribution in [-0.2, 0) is 14.8 Å². The van der Waals surface area contributed by atoms with Gasteiger partial charge in [0, 0.05) is 32.2 Å². The van der Waals surface area contributed by atoms with Crippen LogP contribution in [0.25, 0.3) is 0 Å². The van der Waals surface area contributed by atoms with Crippen LogP contribution >= 0.6 is 0 Å². The van der Waals surface area contributed by atoms with Crippen LogP contribution in [0.1, 0.15) is 0 Å². The number of carbonyl (C=O) groups is 1. The number of halogens is 1. The Hall–Kier alpha value is -2.86. The molecule has 2 aliphatic rings. The molecular weight excluding hydrogens is 419 g/mol. The highest BCUT2D eigenvalue weighted by Gasteiger charge is 2.34. The van der Waals surface area contributed by atoms with E-state index in [2.05, 4.69) is 9.68 Å². The Morgan fingerprint density at radius 1 is 1.23 bits per heavy atom. The molecule has 1 atom stereocenters. The molecule has 0 spiro atoms.